The van der Waals surface area contributed by atoms with E-state index in [2.05, 4.69) is 11.4 Å². The molecule has 0 atom stereocenters. The number of rotatable bonds is 5. The lowest BCUT2D eigenvalue weighted by molar-refractivity contribution is 0.104. The molecule has 3 N–H and O–H groups in total. The smallest absolute Gasteiger partial charge is 0.206 e. The highest BCUT2D eigenvalue weighted by Gasteiger charge is 2.23. The fourth-order valence-electron chi connectivity index (χ4n) is 2.38. The van der Waals surface area contributed by atoms with Crippen LogP contribution in [0.5, 0.6) is 5.75 Å². The summed E-state index contributed by atoms with van der Waals surface area (Å²) in [5, 5.41) is 13.4. The van der Waals surface area contributed by atoms with Gasteiger partial charge in [0.15, 0.2) is 0 Å². The minimum absolute atomic E-state index is 0.151. The minimum Gasteiger partial charge on any atom is -0.497 e. The van der Waals surface area contributed by atoms with Crippen LogP contribution < -0.4 is 15.8 Å². The maximum atomic E-state index is 12.8. The molecule has 0 fully saturated rings. The molecule has 0 saturated carbocycles. The summed E-state index contributed by atoms with van der Waals surface area (Å²) in [5.41, 5.74) is 7.55. The van der Waals surface area contributed by atoms with E-state index in [-0.39, 0.29) is 21.9 Å². The van der Waals surface area contributed by atoms with Crippen LogP contribution in [0.2, 0.25) is 5.02 Å². The van der Waals surface area contributed by atoms with Crippen molar-refractivity contribution in [2.45, 2.75) is 0 Å². The molecule has 0 amide bonds. The maximum absolute atomic E-state index is 12.8. The van der Waals surface area contributed by atoms with Gasteiger partial charge in [0.05, 0.1) is 17.8 Å². The summed E-state index contributed by atoms with van der Waals surface area (Å²) >= 11 is 7.24. The monoisotopic (exact) mass is 383 g/mol. The van der Waals surface area contributed by atoms with Crippen molar-refractivity contribution in [2.24, 2.45) is 0 Å². The molecular weight excluding hydrogens is 370 g/mol. The van der Waals surface area contributed by atoms with Gasteiger partial charge in [0.1, 0.15) is 27.3 Å². The van der Waals surface area contributed by atoms with Gasteiger partial charge in [0.25, 0.3) is 0 Å². The molecule has 2 aromatic carbocycles. The molecule has 0 unspecified atom stereocenters. The number of nitrogens with zero attached hydrogens (tertiary/aromatic N) is 1. The van der Waals surface area contributed by atoms with Crippen LogP contribution in [0.25, 0.3) is 0 Å². The number of nitrogen functional groups attached to an aromatic ring is 1. The molecule has 26 heavy (non-hydrogen) atoms. The fourth-order valence-corrected chi connectivity index (χ4v) is 3.65. The number of halogens is 1. The number of anilines is 3. The lowest BCUT2D eigenvalue weighted by Gasteiger charge is -2.05. The Bertz CT molecular complexity index is 1010. The van der Waals surface area contributed by atoms with Crippen molar-refractivity contribution >= 4 is 45.1 Å². The third-order valence-corrected chi connectivity index (χ3v) is 5.18. The summed E-state index contributed by atoms with van der Waals surface area (Å²) in [7, 11) is 1.59. The molecule has 3 rings (SSSR count). The van der Waals surface area contributed by atoms with E-state index >= 15 is 0 Å². The van der Waals surface area contributed by atoms with E-state index in [1.165, 1.54) is 0 Å². The van der Waals surface area contributed by atoms with Crippen LogP contribution in [0, 0.1) is 11.3 Å². The Morgan fingerprint density at radius 2 is 1.92 bits per heavy atom. The Morgan fingerprint density at radius 1 is 1.23 bits per heavy atom. The first-order chi connectivity index (χ1) is 12.5. The number of nitriles is 1. The van der Waals surface area contributed by atoms with Gasteiger partial charge in [0, 0.05) is 11.3 Å². The van der Waals surface area contributed by atoms with Gasteiger partial charge in [0.2, 0.25) is 5.78 Å². The predicted molar refractivity (Wildman–Crippen MR) is 105 cm³/mol. The first kappa shape index (κ1) is 17.8. The number of ketones is 1. The maximum Gasteiger partial charge on any atom is 0.206 e. The largest absolute Gasteiger partial charge is 0.497 e. The molecule has 0 aliphatic heterocycles. The summed E-state index contributed by atoms with van der Waals surface area (Å²) < 4.78 is 5.12. The second kappa shape index (κ2) is 7.48. The van der Waals surface area contributed by atoms with Crippen molar-refractivity contribution in [1.82, 2.24) is 0 Å². The van der Waals surface area contributed by atoms with E-state index < -0.39 is 0 Å². The Balaban J connectivity index is 1.98. The number of thiophene rings is 1. The molecule has 3 aromatic rings. The zero-order chi connectivity index (χ0) is 18.7. The number of ether oxygens (including phenoxy) is 1. The van der Waals surface area contributed by atoms with Gasteiger partial charge >= 0.3 is 0 Å². The highest BCUT2D eigenvalue weighted by molar-refractivity contribution is 7.19. The molecule has 0 saturated heterocycles. The van der Waals surface area contributed by atoms with Crippen molar-refractivity contribution in [3.05, 3.63) is 69.6 Å². The van der Waals surface area contributed by atoms with E-state index in [4.69, 9.17) is 22.1 Å². The van der Waals surface area contributed by atoms with Gasteiger partial charge in [-0.05, 0) is 36.4 Å². The number of carbonyl (C=O) groups is 1. The van der Waals surface area contributed by atoms with Crippen molar-refractivity contribution < 1.29 is 9.53 Å². The highest BCUT2D eigenvalue weighted by atomic mass is 35.5. The lowest BCUT2D eigenvalue weighted by atomic mass is 10.1. The van der Waals surface area contributed by atoms with Gasteiger partial charge < -0.3 is 15.8 Å². The molecular formula is C19H14ClN3O2S. The summed E-state index contributed by atoms with van der Waals surface area (Å²) in [6.45, 7) is 0. The third kappa shape index (κ3) is 3.36. The van der Waals surface area contributed by atoms with Crippen LogP contribution in [0.1, 0.15) is 20.8 Å². The molecule has 5 nitrogen and oxygen atoms in total. The standard InChI is InChI=1S/C19H14ClN3O2S/c1-25-12-8-6-11(7-9-12)23-19-14(10-21)16(22)18(26-19)17(24)13-4-2-3-5-15(13)20/h2-9,23H,22H2,1H3. The number of nitrogens with one attached hydrogen (secondary N) is 1. The van der Waals surface area contributed by atoms with E-state index in [1.807, 2.05) is 12.1 Å². The number of hydrogen-bond acceptors (Lipinski definition) is 6. The molecule has 0 radical (unpaired) electrons. The highest BCUT2D eigenvalue weighted by Crippen LogP contribution is 2.39. The van der Waals surface area contributed by atoms with E-state index in [0.717, 1.165) is 22.8 Å². The van der Waals surface area contributed by atoms with Crippen molar-refractivity contribution in [2.75, 3.05) is 18.2 Å². The van der Waals surface area contributed by atoms with Gasteiger partial charge in [-0.2, -0.15) is 5.26 Å². The summed E-state index contributed by atoms with van der Waals surface area (Å²) in [4.78, 5) is 13.1. The molecule has 130 valence electrons. The van der Waals surface area contributed by atoms with E-state index in [0.29, 0.717) is 15.6 Å². The lowest BCUT2D eigenvalue weighted by Crippen LogP contribution is -2.03. The SMILES string of the molecule is COc1ccc(Nc2sc(C(=O)c3ccccc3Cl)c(N)c2C#N)cc1. The van der Waals surface area contributed by atoms with E-state index in [9.17, 15) is 10.1 Å². The van der Waals surface area contributed by atoms with Crippen LogP contribution in [-0.2, 0) is 0 Å². The number of hydrogen-bond donors (Lipinski definition) is 2. The van der Waals surface area contributed by atoms with Crippen molar-refractivity contribution in [1.29, 1.82) is 5.26 Å². The molecule has 0 aliphatic carbocycles. The van der Waals surface area contributed by atoms with Crippen LogP contribution in [-0.4, -0.2) is 12.9 Å². The second-order valence-corrected chi connectivity index (χ2v) is 6.75. The van der Waals surface area contributed by atoms with Crippen molar-refractivity contribution in [3.8, 4) is 11.8 Å². The fraction of sp³-hybridized carbons (Fsp3) is 0.0526. The molecule has 1 heterocycles. The van der Waals surface area contributed by atoms with Crippen LogP contribution in [0.15, 0.2) is 48.5 Å². The average Bonchev–Trinajstić information content (AvgIpc) is 2.97. The number of methoxy groups -OCH3 is 1. The van der Waals surface area contributed by atoms with Crippen LogP contribution in [0.3, 0.4) is 0 Å². The summed E-state index contributed by atoms with van der Waals surface area (Å²) in [6.07, 6.45) is 0. The molecule has 1 aromatic heterocycles. The Hall–Kier alpha value is -3.01. The van der Waals surface area contributed by atoms with E-state index in [1.54, 1.807) is 43.5 Å². The van der Waals surface area contributed by atoms with Gasteiger partial charge in [-0.25, -0.2) is 0 Å². The third-order valence-electron chi connectivity index (χ3n) is 3.73. The Kier molecular flexibility index (Phi) is 5.12. The van der Waals surface area contributed by atoms with Gasteiger partial charge in [-0.1, -0.05) is 23.7 Å². The molecule has 7 heteroatoms. The summed E-state index contributed by atoms with van der Waals surface area (Å²) in [6, 6.07) is 16.0. The van der Waals surface area contributed by atoms with Crippen molar-refractivity contribution in [3.63, 3.8) is 0 Å². The minimum atomic E-state index is -0.308. The molecule has 0 bridgehead atoms. The number of benzene rings is 2. The Morgan fingerprint density at radius 3 is 2.54 bits per heavy atom. The number of carbonyl (C=O) groups excluding carboxylic acids is 1. The normalized spacial score (nSPS) is 10.2. The average molecular weight is 384 g/mol. The zero-order valence-electron chi connectivity index (χ0n) is 13.7. The number of nitrogens with two attached hydrogens (primary N) is 1. The molecule has 0 aliphatic rings. The first-order valence-electron chi connectivity index (χ1n) is 7.57. The van der Waals surface area contributed by atoms with Gasteiger partial charge in [-0.15, -0.1) is 11.3 Å². The zero-order valence-corrected chi connectivity index (χ0v) is 15.3. The molecule has 0 spiro atoms. The quantitative estimate of drug-likeness (QED) is 0.615. The first-order valence-corrected chi connectivity index (χ1v) is 8.77. The van der Waals surface area contributed by atoms with Crippen LogP contribution >= 0.6 is 22.9 Å². The Labute approximate surface area is 159 Å². The van der Waals surface area contributed by atoms with Gasteiger partial charge in [-0.3, -0.25) is 4.79 Å². The van der Waals surface area contributed by atoms with Crippen LogP contribution in [0.4, 0.5) is 16.4 Å². The topological polar surface area (TPSA) is 88.1 Å². The predicted octanol–water partition coefficient (Wildman–Crippen LogP) is 4.84. The second-order valence-electron chi connectivity index (χ2n) is 5.32. The summed E-state index contributed by atoms with van der Waals surface area (Å²) in [5.74, 6) is 0.411.